The fourth-order valence-corrected chi connectivity index (χ4v) is 4.05. The lowest BCUT2D eigenvalue weighted by atomic mass is 9.90. The molecular weight excluding hydrogens is 400 g/mol. The highest BCUT2D eigenvalue weighted by Gasteiger charge is 2.25. The van der Waals surface area contributed by atoms with Gasteiger partial charge in [-0.15, -0.1) is 0 Å². The van der Waals surface area contributed by atoms with Gasteiger partial charge in [-0.1, -0.05) is 39.0 Å². The lowest BCUT2D eigenvalue weighted by Gasteiger charge is -2.36. The number of aromatic hydroxyl groups is 1. The average Bonchev–Trinajstić information content (AvgIpc) is 2.76. The molecule has 32 heavy (non-hydrogen) atoms. The van der Waals surface area contributed by atoms with Crippen LogP contribution in [0.3, 0.4) is 0 Å². The third-order valence-corrected chi connectivity index (χ3v) is 6.00. The molecule has 3 aromatic rings. The Morgan fingerprint density at radius 3 is 2.44 bits per heavy atom. The number of amides is 1. The number of phenolic OH excluding ortho intramolecular Hbond substituents is 1. The molecule has 0 aliphatic carbocycles. The molecule has 0 atom stereocenters. The predicted octanol–water partition coefficient (Wildman–Crippen LogP) is 4.79. The average molecular weight is 433 g/mol. The van der Waals surface area contributed by atoms with Gasteiger partial charge in [0.2, 0.25) is 5.91 Å². The summed E-state index contributed by atoms with van der Waals surface area (Å²) in [7, 11) is 0. The van der Waals surface area contributed by atoms with Crippen molar-refractivity contribution in [2.45, 2.75) is 40.5 Å². The van der Waals surface area contributed by atoms with Crippen molar-refractivity contribution < 1.29 is 9.90 Å². The highest BCUT2D eigenvalue weighted by atomic mass is 16.3. The molecule has 1 saturated heterocycles. The first-order valence-electron chi connectivity index (χ1n) is 11.3. The number of aryl methyl sites for hydroxylation is 1. The van der Waals surface area contributed by atoms with Gasteiger partial charge in [0, 0.05) is 38.0 Å². The Labute approximate surface area is 189 Å². The second-order valence-electron chi connectivity index (χ2n) is 9.84. The summed E-state index contributed by atoms with van der Waals surface area (Å²) in [6.45, 7) is 11.4. The maximum absolute atomic E-state index is 12.7. The Morgan fingerprint density at radius 1 is 1.03 bits per heavy atom. The third-order valence-electron chi connectivity index (χ3n) is 6.00. The van der Waals surface area contributed by atoms with Crippen LogP contribution in [0.25, 0.3) is 22.3 Å². The van der Waals surface area contributed by atoms with E-state index in [0.29, 0.717) is 30.9 Å². The number of fused-ring (bicyclic) bond motifs is 1. The normalized spacial score (nSPS) is 14.8. The fourth-order valence-electron chi connectivity index (χ4n) is 4.05. The zero-order valence-corrected chi connectivity index (χ0v) is 19.4. The number of hydrogen-bond acceptors (Lipinski definition) is 5. The number of para-hydroxylation sites is 1. The summed E-state index contributed by atoms with van der Waals surface area (Å²) >= 11 is 0. The van der Waals surface area contributed by atoms with E-state index in [1.165, 1.54) is 0 Å². The molecular formula is C26H32N4O2. The minimum atomic E-state index is 0.162. The molecule has 6 heteroatoms. The molecule has 2 heterocycles. The van der Waals surface area contributed by atoms with E-state index in [4.69, 9.17) is 9.97 Å². The molecule has 168 valence electrons. The van der Waals surface area contributed by atoms with Gasteiger partial charge in [0.25, 0.3) is 0 Å². The van der Waals surface area contributed by atoms with Crippen LogP contribution in [0, 0.1) is 12.3 Å². The number of carbonyl (C=O) groups excluding carboxylic acids is 1. The van der Waals surface area contributed by atoms with E-state index in [2.05, 4.69) is 43.9 Å². The van der Waals surface area contributed by atoms with Gasteiger partial charge >= 0.3 is 0 Å². The van der Waals surface area contributed by atoms with Crippen molar-refractivity contribution in [2.24, 2.45) is 5.41 Å². The summed E-state index contributed by atoms with van der Waals surface area (Å²) < 4.78 is 0. The Balaban J connectivity index is 1.60. The molecule has 4 rings (SSSR count). The smallest absolute Gasteiger partial charge is 0.222 e. The van der Waals surface area contributed by atoms with Crippen molar-refractivity contribution in [1.29, 1.82) is 0 Å². The fraction of sp³-hybridized carbons (Fsp3) is 0.423. The molecule has 1 N–H and O–H groups in total. The van der Waals surface area contributed by atoms with E-state index in [-0.39, 0.29) is 17.1 Å². The van der Waals surface area contributed by atoms with Crippen molar-refractivity contribution in [3.8, 4) is 17.1 Å². The molecule has 0 bridgehead atoms. The number of phenols is 1. The zero-order valence-electron chi connectivity index (χ0n) is 19.4. The standard InChI is InChI=1S/C26H32N4O2/c1-18-9-10-19-21(17-18)27-24(20-7-5-6-8-22(20)31)28-25(19)30-15-13-29(14-16-30)23(32)11-12-26(2,3)4/h5-10,17,31H,11-16H2,1-4H3. The highest BCUT2D eigenvalue weighted by Crippen LogP contribution is 2.32. The Bertz CT molecular complexity index is 1130. The van der Waals surface area contributed by atoms with Crippen LogP contribution in [0.1, 0.15) is 39.2 Å². The number of carbonyl (C=O) groups is 1. The van der Waals surface area contributed by atoms with Crippen LogP contribution in [0.15, 0.2) is 42.5 Å². The molecule has 0 spiro atoms. The van der Waals surface area contributed by atoms with Gasteiger partial charge in [0.1, 0.15) is 11.6 Å². The second-order valence-corrected chi connectivity index (χ2v) is 9.84. The number of rotatable bonds is 4. The van der Waals surface area contributed by atoms with Gasteiger partial charge in [-0.3, -0.25) is 4.79 Å². The van der Waals surface area contributed by atoms with Crippen LogP contribution in [-0.4, -0.2) is 52.1 Å². The van der Waals surface area contributed by atoms with E-state index in [9.17, 15) is 9.90 Å². The molecule has 0 saturated carbocycles. The first-order valence-corrected chi connectivity index (χ1v) is 11.3. The predicted molar refractivity (Wildman–Crippen MR) is 129 cm³/mol. The molecule has 1 aliphatic heterocycles. The Morgan fingerprint density at radius 2 is 1.75 bits per heavy atom. The summed E-state index contributed by atoms with van der Waals surface area (Å²) in [6.07, 6.45) is 1.49. The number of benzene rings is 2. The van der Waals surface area contributed by atoms with Crippen LogP contribution < -0.4 is 4.90 Å². The van der Waals surface area contributed by atoms with E-state index < -0.39 is 0 Å². The van der Waals surface area contributed by atoms with Crippen LogP contribution in [0.5, 0.6) is 5.75 Å². The van der Waals surface area contributed by atoms with E-state index in [1.807, 2.05) is 24.0 Å². The van der Waals surface area contributed by atoms with E-state index in [0.717, 1.165) is 41.8 Å². The van der Waals surface area contributed by atoms with Gasteiger partial charge in [-0.05, 0) is 48.6 Å². The highest BCUT2D eigenvalue weighted by molar-refractivity contribution is 5.92. The van der Waals surface area contributed by atoms with Gasteiger partial charge < -0.3 is 14.9 Å². The second kappa shape index (κ2) is 8.77. The number of hydrogen-bond donors (Lipinski definition) is 1. The largest absolute Gasteiger partial charge is 0.507 e. The van der Waals surface area contributed by atoms with Gasteiger partial charge in [-0.25, -0.2) is 9.97 Å². The SMILES string of the molecule is Cc1ccc2c(N3CCN(C(=O)CCC(C)(C)C)CC3)nc(-c3ccccc3O)nc2c1. The van der Waals surface area contributed by atoms with Gasteiger partial charge in [0.05, 0.1) is 11.1 Å². The maximum atomic E-state index is 12.7. The molecule has 1 amide bonds. The lowest BCUT2D eigenvalue weighted by molar-refractivity contribution is -0.132. The van der Waals surface area contributed by atoms with Crippen molar-refractivity contribution >= 4 is 22.6 Å². The molecule has 6 nitrogen and oxygen atoms in total. The summed E-state index contributed by atoms with van der Waals surface area (Å²) in [5, 5.41) is 11.3. The summed E-state index contributed by atoms with van der Waals surface area (Å²) in [6, 6.07) is 13.3. The molecule has 0 radical (unpaired) electrons. The first kappa shape index (κ1) is 22.1. The minimum absolute atomic E-state index is 0.162. The van der Waals surface area contributed by atoms with E-state index in [1.54, 1.807) is 12.1 Å². The quantitative estimate of drug-likeness (QED) is 0.642. The monoisotopic (exact) mass is 432 g/mol. The van der Waals surface area contributed by atoms with Crippen molar-refractivity contribution in [1.82, 2.24) is 14.9 Å². The Kier molecular flexibility index (Phi) is 6.04. The van der Waals surface area contributed by atoms with E-state index >= 15 is 0 Å². The number of nitrogens with zero attached hydrogens (tertiary/aromatic N) is 4. The summed E-state index contributed by atoms with van der Waals surface area (Å²) in [5.41, 5.74) is 2.76. The summed E-state index contributed by atoms with van der Waals surface area (Å²) in [4.78, 5) is 26.5. The lowest BCUT2D eigenvalue weighted by Crippen LogP contribution is -2.49. The van der Waals surface area contributed by atoms with Crippen LogP contribution >= 0.6 is 0 Å². The first-order chi connectivity index (χ1) is 15.2. The van der Waals surface area contributed by atoms with Crippen LogP contribution in [0.2, 0.25) is 0 Å². The van der Waals surface area contributed by atoms with Gasteiger partial charge in [-0.2, -0.15) is 0 Å². The van der Waals surface area contributed by atoms with Crippen LogP contribution in [-0.2, 0) is 4.79 Å². The van der Waals surface area contributed by atoms with Crippen molar-refractivity contribution in [2.75, 3.05) is 31.1 Å². The molecule has 1 fully saturated rings. The Hall–Kier alpha value is -3.15. The van der Waals surface area contributed by atoms with Gasteiger partial charge in [0.15, 0.2) is 5.82 Å². The topological polar surface area (TPSA) is 69.6 Å². The zero-order chi connectivity index (χ0) is 22.9. The molecule has 1 aliphatic rings. The molecule has 0 unspecified atom stereocenters. The summed E-state index contributed by atoms with van der Waals surface area (Å²) in [5.74, 6) is 1.77. The minimum Gasteiger partial charge on any atom is -0.507 e. The maximum Gasteiger partial charge on any atom is 0.222 e. The molecule has 1 aromatic heterocycles. The number of anilines is 1. The van der Waals surface area contributed by atoms with Crippen molar-refractivity contribution in [3.05, 3.63) is 48.0 Å². The number of piperazine rings is 1. The van der Waals surface area contributed by atoms with Crippen LogP contribution in [0.4, 0.5) is 5.82 Å². The molecule has 2 aromatic carbocycles. The third kappa shape index (κ3) is 4.85. The number of aromatic nitrogens is 2. The van der Waals surface area contributed by atoms with Crippen molar-refractivity contribution in [3.63, 3.8) is 0 Å².